The summed E-state index contributed by atoms with van der Waals surface area (Å²) in [6.07, 6.45) is 10.9. The third-order valence-corrected chi connectivity index (χ3v) is 6.86. The van der Waals surface area contributed by atoms with Crippen LogP contribution >= 0.6 is 0 Å². The summed E-state index contributed by atoms with van der Waals surface area (Å²) in [4.78, 5) is 30.4. The molecular weight excluding hydrogens is 462 g/mol. The maximum absolute atomic E-state index is 13.2. The van der Waals surface area contributed by atoms with Crippen LogP contribution in [0.5, 0.6) is 5.75 Å². The van der Waals surface area contributed by atoms with Gasteiger partial charge in [0.15, 0.2) is 5.65 Å². The Morgan fingerprint density at radius 2 is 2.00 bits per heavy atom. The zero-order valence-electron chi connectivity index (χ0n) is 19.7. The van der Waals surface area contributed by atoms with Gasteiger partial charge in [-0.2, -0.15) is 10.2 Å². The minimum absolute atomic E-state index is 0.0702. The first-order chi connectivity index (χ1) is 17.5. The van der Waals surface area contributed by atoms with Crippen molar-refractivity contribution < 1.29 is 19.4 Å². The Balaban J connectivity index is 1.26. The number of likely N-dealkylation sites (tertiary alicyclic amines) is 1. The van der Waals surface area contributed by atoms with Crippen molar-refractivity contribution in [3.8, 4) is 5.75 Å². The van der Waals surface area contributed by atoms with Crippen LogP contribution in [0.4, 0.5) is 5.69 Å². The Morgan fingerprint density at radius 1 is 1.17 bits per heavy atom. The van der Waals surface area contributed by atoms with Crippen LogP contribution < -0.4 is 10.1 Å². The Kier molecular flexibility index (Phi) is 5.76. The molecule has 0 bridgehead atoms. The van der Waals surface area contributed by atoms with Crippen LogP contribution in [0.15, 0.2) is 43.0 Å². The average molecular weight is 490 g/mol. The smallest absolute Gasteiger partial charge is 0.317 e. The fourth-order valence-electron chi connectivity index (χ4n) is 4.68. The molecule has 1 saturated carbocycles. The van der Waals surface area contributed by atoms with Gasteiger partial charge < -0.3 is 15.2 Å². The van der Waals surface area contributed by atoms with Crippen molar-refractivity contribution in [3.63, 3.8) is 0 Å². The van der Waals surface area contributed by atoms with Crippen molar-refractivity contribution in [1.82, 2.24) is 29.3 Å². The second-order valence-corrected chi connectivity index (χ2v) is 9.57. The van der Waals surface area contributed by atoms with Gasteiger partial charge in [-0.25, -0.2) is 9.50 Å². The van der Waals surface area contributed by atoms with Gasteiger partial charge >= 0.3 is 5.97 Å². The third-order valence-electron chi connectivity index (χ3n) is 6.86. The SMILES string of the molecule is O=C(O)CN1CCC(n2cc3cc(NC(=O)c4cnn5cccnc45)c(OCC4CC4)cc3n2)CC1. The van der Waals surface area contributed by atoms with Crippen molar-refractivity contribution in [2.24, 2.45) is 5.92 Å². The maximum atomic E-state index is 13.2. The molecule has 1 saturated heterocycles. The van der Waals surface area contributed by atoms with E-state index in [0.717, 1.165) is 49.7 Å². The molecule has 1 aliphatic carbocycles. The summed E-state index contributed by atoms with van der Waals surface area (Å²) in [7, 11) is 0. The summed E-state index contributed by atoms with van der Waals surface area (Å²) in [5.41, 5.74) is 2.25. The largest absolute Gasteiger partial charge is 0.491 e. The number of carboxylic acid groups (broad SMARTS) is 1. The summed E-state index contributed by atoms with van der Waals surface area (Å²) in [5.74, 6) is 0.0410. The number of nitrogens with zero attached hydrogens (tertiary/aromatic N) is 6. The number of carbonyl (C=O) groups is 2. The molecule has 0 spiro atoms. The molecule has 4 aromatic rings. The Hall–Kier alpha value is -3.99. The normalized spacial score (nSPS) is 17.0. The Morgan fingerprint density at radius 3 is 2.78 bits per heavy atom. The van der Waals surface area contributed by atoms with Crippen LogP contribution in [-0.2, 0) is 4.79 Å². The highest BCUT2D eigenvalue weighted by molar-refractivity contribution is 6.09. The number of nitrogens with one attached hydrogen (secondary N) is 1. The van der Waals surface area contributed by atoms with Crippen LogP contribution in [-0.4, -0.2) is 72.5 Å². The van der Waals surface area contributed by atoms with Gasteiger partial charge in [-0.15, -0.1) is 0 Å². The summed E-state index contributed by atoms with van der Waals surface area (Å²) in [6, 6.07) is 5.74. The number of ether oxygens (including phenoxy) is 1. The van der Waals surface area contributed by atoms with Crippen molar-refractivity contribution >= 4 is 34.1 Å². The molecule has 2 fully saturated rings. The first-order valence-corrected chi connectivity index (χ1v) is 12.2. The lowest BCUT2D eigenvalue weighted by Crippen LogP contribution is -2.38. The molecule has 4 heterocycles. The van der Waals surface area contributed by atoms with Gasteiger partial charge in [0, 0.05) is 43.1 Å². The summed E-state index contributed by atoms with van der Waals surface area (Å²) < 4.78 is 9.65. The fourth-order valence-corrected chi connectivity index (χ4v) is 4.68. The van der Waals surface area contributed by atoms with Crippen LogP contribution in [0.25, 0.3) is 16.6 Å². The van der Waals surface area contributed by atoms with Crippen molar-refractivity contribution in [2.45, 2.75) is 31.7 Å². The molecule has 6 rings (SSSR count). The van der Waals surface area contributed by atoms with Gasteiger partial charge in [-0.05, 0) is 43.7 Å². The number of carbonyl (C=O) groups excluding carboxylic acids is 1. The summed E-state index contributed by atoms with van der Waals surface area (Å²) >= 11 is 0. The molecule has 11 heteroatoms. The average Bonchev–Trinajstić information content (AvgIpc) is 3.45. The second-order valence-electron chi connectivity index (χ2n) is 9.57. The number of carboxylic acids is 1. The van der Waals surface area contributed by atoms with Crippen LogP contribution in [0.1, 0.15) is 42.1 Å². The van der Waals surface area contributed by atoms with Crippen molar-refractivity contribution in [1.29, 1.82) is 0 Å². The van der Waals surface area contributed by atoms with Crippen molar-refractivity contribution in [2.75, 3.05) is 31.6 Å². The molecule has 3 aromatic heterocycles. The van der Waals surface area contributed by atoms with Crippen LogP contribution in [0, 0.1) is 5.92 Å². The molecule has 2 aliphatic rings. The highest BCUT2D eigenvalue weighted by Crippen LogP contribution is 2.35. The summed E-state index contributed by atoms with van der Waals surface area (Å²) in [6.45, 7) is 2.12. The quantitative estimate of drug-likeness (QED) is 0.387. The van der Waals surface area contributed by atoms with E-state index in [1.54, 1.807) is 23.0 Å². The van der Waals surface area contributed by atoms with Crippen LogP contribution in [0.3, 0.4) is 0 Å². The molecule has 0 unspecified atom stereocenters. The monoisotopic (exact) mass is 489 g/mol. The molecule has 1 amide bonds. The number of amides is 1. The highest BCUT2D eigenvalue weighted by atomic mass is 16.5. The number of fused-ring (bicyclic) bond motifs is 2. The lowest BCUT2D eigenvalue weighted by Gasteiger charge is -2.30. The zero-order chi connectivity index (χ0) is 24.6. The van der Waals surface area contributed by atoms with Crippen molar-refractivity contribution in [3.05, 3.63) is 48.5 Å². The number of rotatable bonds is 8. The lowest BCUT2D eigenvalue weighted by molar-refractivity contribution is -0.138. The van der Waals surface area contributed by atoms with E-state index in [9.17, 15) is 9.59 Å². The molecular formula is C25H27N7O4. The number of aromatic nitrogens is 5. The molecule has 36 heavy (non-hydrogen) atoms. The van der Waals surface area contributed by atoms with Crippen LogP contribution in [0.2, 0.25) is 0 Å². The first-order valence-electron chi connectivity index (χ1n) is 12.2. The molecule has 11 nitrogen and oxygen atoms in total. The van der Waals surface area contributed by atoms with Gasteiger partial charge in [0.25, 0.3) is 5.91 Å². The van der Waals surface area contributed by atoms with E-state index in [1.165, 1.54) is 6.20 Å². The zero-order valence-corrected chi connectivity index (χ0v) is 19.7. The lowest BCUT2D eigenvalue weighted by atomic mass is 10.1. The van der Waals surface area contributed by atoms with E-state index in [-0.39, 0.29) is 18.5 Å². The number of benzene rings is 1. The maximum Gasteiger partial charge on any atom is 0.317 e. The molecule has 2 N–H and O–H groups in total. The minimum atomic E-state index is -0.800. The van der Waals surface area contributed by atoms with E-state index in [0.29, 0.717) is 35.2 Å². The second kappa shape index (κ2) is 9.23. The van der Waals surface area contributed by atoms with E-state index in [2.05, 4.69) is 15.4 Å². The van der Waals surface area contributed by atoms with E-state index < -0.39 is 5.97 Å². The van der Waals surface area contributed by atoms with Gasteiger partial charge in [0.2, 0.25) is 0 Å². The Bertz CT molecular complexity index is 1430. The van der Waals surface area contributed by atoms with E-state index in [4.69, 9.17) is 14.9 Å². The Labute approximate surface area is 206 Å². The number of hydrogen-bond acceptors (Lipinski definition) is 7. The van der Waals surface area contributed by atoms with Gasteiger partial charge in [0.1, 0.15) is 11.3 Å². The number of piperidine rings is 1. The highest BCUT2D eigenvalue weighted by Gasteiger charge is 2.25. The first kappa shape index (κ1) is 22.5. The fraction of sp³-hybridized carbons (Fsp3) is 0.400. The van der Waals surface area contributed by atoms with Gasteiger partial charge in [-0.3, -0.25) is 19.2 Å². The molecule has 1 aromatic carbocycles. The predicted molar refractivity (Wildman–Crippen MR) is 131 cm³/mol. The molecule has 186 valence electrons. The van der Waals surface area contributed by atoms with Gasteiger partial charge in [0.05, 0.1) is 36.6 Å². The third kappa shape index (κ3) is 4.61. The number of anilines is 1. The topological polar surface area (TPSA) is 127 Å². The number of hydrogen-bond donors (Lipinski definition) is 2. The summed E-state index contributed by atoms with van der Waals surface area (Å²) in [5, 5.41) is 22.0. The number of aliphatic carboxylic acids is 1. The van der Waals surface area contributed by atoms with Gasteiger partial charge in [-0.1, -0.05) is 0 Å². The van der Waals surface area contributed by atoms with E-state index in [1.807, 2.05) is 27.9 Å². The molecule has 0 atom stereocenters. The molecule has 1 aliphatic heterocycles. The minimum Gasteiger partial charge on any atom is -0.491 e. The van der Waals surface area contributed by atoms with E-state index >= 15 is 0 Å². The molecule has 0 radical (unpaired) electrons. The standard InChI is InChI=1S/C25H27N7O4/c33-23(34)14-30-8-4-18(5-9-30)32-13-17-10-21(22(11-20(17)29-32)36-15-16-2-3-16)28-25(35)19-12-27-31-7-1-6-26-24(19)31/h1,6-7,10-13,16,18H,2-5,8-9,14-15H2,(H,28,35)(H,33,34). The predicted octanol–water partition coefficient (Wildman–Crippen LogP) is 2.84.